The standard InChI is InChI=1S/C23H18ClN5O2S/c1-12-6-7-16(11-18(12)24)28-13(2)9-15(14(28)3)10-17-20(25)29-23(26-21(17)30)32-22(27-29)19-5-4-8-31-19/h4-11,25H,1-3H3/b17-10-,25-20?. The molecule has 5 rings (SSSR count). The molecule has 2 aromatic heterocycles. The molecule has 160 valence electrons. The van der Waals surface area contributed by atoms with Crippen LogP contribution in [0.5, 0.6) is 0 Å². The Hall–Kier alpha value is -3.36. The third kappa shape index (κ3) is 3.32. The monoisotopic (exact) mass is 463 g/mol. The number of benzene rings is 1. The van der Waals surface area contributed by atoms with Gasteiger partial charge in [0, 0.05) is 22.1 Å². The van der Waals surface area contributed by atoms with E-state index < -0.39 is 5.91 Å². The quantitative estimate of drug-likeness (QED) is 0.533. The summed E-state index contributed by atoms with van der Waals surface area (Å²) in [5.74, 6) is 0.0863. The lowest BCUT2D eigenvalue weighted by Gasteiger charge is -2.20. The molecule has 32 heavy (non-hydrogen) atoms. The van der Waals surface area contributed by atoms with E-state index in [2.05, 4.69) is 14.7 Å². The van der Waals surface area contributed by atoms with Gasteiger partial charge in [0.05, 0.1) is 11.8 Å². The predicted octanol–water partition coefficient (Wildman–Crippen LogP) is 5.32. The summed E-state index contributed by atoms with van der Waals surface area (Å²) in [5, 5.41) is 16.0. The average Bonchev–Trinajstić information content (AvgIpc) is 3.47. The Morgan fingerprint density at radius 3 is 2.72 bits per heavy atom. The Labute approximate surface area is 193 Å². The van der Waals surface area contributed by atoms with E-state index in [-0.39, 0.29) is 11.4 Å². The van der Waals surface area contributed by atoms with Crippen LogP contribution in [0, 0.1) is 26.2 Å². The number of fused-ring (bicyclic) bond motifs is 1. The zero-order valence-electron chi connectivity index (χ0n) is 17.5. The van der Waals surface area contributed by atoms with Crippen LogP contribution in [-0.4, -0.2) is 31.5 Å². The second kappa shape index (κ2) is 7.65. The molecule has 0 aliphatic carbocycles. The van der Waals surface area contributed by atoms with E-state index in [9.17, 15) is 4.79 Å². The molecule has 9 heteroatoms. The molecule has 0 spiro atoms. The number of amides is 1. The van der Waals surface area contributed by atoms with Crippen molar-refractivity contribution in [3.63, 3.8) is 0 Å². The van der Waals surface area contributed by atoms with Crippen molar-refractivity contribution in [3.8, 4) is 5.69 Å². The maximum atomic E-state index is 12.8. The first-order chi connectivity index (χ1) is 15.3. The van der Waals surface area contributed by atoms with Crippen LogP contribution in [0.1, 0.15) is 28.3 Å². The number of hydrogen-bond acceptors (Lipinski definition) is 5. The van der Waals surface area contributed by atoms with Gasteiger partial charge in [0.2, 0.25) is 5.17 Å². The number of aryl methyl sites for hydroxylation is 2. The van der Waals surface area contributed by atoms with Gasteiger partial charge in [-0.05, 0) is 80.1 Å². The van der Waals surface area contributed by atoms with Gasteiger partial charge in [-0.3, -0.25) is 10.2 Å². The van der Waals surface area contributed by atoms with Gasteiger partial charge < -0.3 is 8.98 Å². The Balaban J connectivity index is 1.53. The summed E-state index contributed by atoms with van der Waals surface area (Å²) in [7, 11) is 0. The van der Waals surface area contributed by atoms with Gasteiger partial charge in [-0.1, -0.05) is 17.7 Å². The molecular formula is C23H18ClN5O2S. The van der Waals surface area contributed by atoms with Gasteiger partial charge in [-0.25, -0.2) is 0 Å². The van der Waals surface area contributed by atoms with Gasteiger partial charge in [-0.2, -0.15) is 15.1 Å². The van der Waals surface area contributed by atoms with Crippen LogP contribution in [0.2, 0.25) is 5.02 Å². The molecule has 1 N–H and O–H groups in total. The van der Waals surface area contributed by atoms with E-state index >= 15 is 0 Å². The molecule has 2 aliphatic rings. The van der Waals surface area contributed by atoms with E-state index in [1.807, 2.05) is 45.0 Å². The number of aliphatic imine (C=N–C) groups is 1. The highest BCUT2D eigenvalue weighted by atomic mass is 35.5. The Morgan fingerprint density at radius 2 is 2.00 bits per heavy atom. The number of rotatable bonds is 3. The number of nitrogens with zero attached hydrogens (tertiary/aromatic N) is 4. The maximum absolute atomic E-state index is 12.8. The SMILES string of the molecule is Cc1ccc(-n2c(C)cc(/C=C3/C(=N)N4N=C(c5ccco5)SC4=NC3=O)c2C)cc1Cl. The molecule has 0 saturated carbocycles. The predicted molar refractivity (Wildman–Crippen MR) is 128 cm³/mol. The highest BCUT2D eigenvalue weighted by molar-refractivity contribution is 8.27. The van der Waals surface area contributed by atoms with Crippen molar-refractivity contribution in [2.45, 2.75) is 20.8 Å². The van der Waals surface area contributed by atoms with E-state index in [0.717, 1.165) is 28.2 Å². The molecule has 1 amide bonds. The summed E-state index contributed by atoms with van der Waals surface area (Å²) in [5.41, 5.74) is 4.88. The third-order valence-electron chi connectivity index (χ3n) is 5.37. The van der Waals surface area contributed by atoms with Crippen LogP contribution in [0.4, 0.5) is 0 Å². The number of nitrogens with one attached hydrogen (secondary N) is 1. The summed E-state index contributed by atoms with van der Waals surface area (Å²) < 4.78 is 7.45. The summed E-state index contributed by atoms with van der Waals surface area (Å²) >= 11 is 7.53. The molecule has 0 bridgehead atoms. The molecule has 0 unspecified atom stereocenters. The van der Waals surface area contributed by atoms with Crippen molar-refractivity contribution in [2.75, 3.05) is 0 Å². The molecule has 0 radical (unpaired) electrons. The highest BCUT2D eigenvalue weighted by Crippen LogP contribution is 2.32. The molecule has 3 aromatic rings. The smallest absolute Gasteiger partial charge is 0.283 e. The van der Waals surface area contributed by atoms with Gasteiger partial charge in [0.1, 0.15) is 0 Å². The molecule has 0 atom stereocenters. The van der Waals surface area contributed by atoms with Gasteiger partial charge in [0.15, 0.2) is 16.6 Å². The molecule has 2 aliphatic heterocycles. The van der Waals surface area contributed by atoms with Crippen molar-refractivity contribution in [2.24, 2.45) is 10.1 Å². The molecular weight excluding hydrogens is 446 g/mol. The summed E-state index contributed by atoms with van der Waals surface area (Å²) in [6.45, 7) is 5.92. The summed E-state index contributed by atoms with van der Waals surface area (Å²) in [6, 6.07) is 11.4. The Kier molecular flexibility index (Phi) is 4.91. The summed E-state index contributed by atoms with van der Waals surface area (Å²) in [4.78, 5) is 16.9. The van der Waals surface area contributed by atoms with Crippen LogP contribution in [0.15, 0.2) is 62.7 Å². The average molecular weight is 464 g/mol. The Morgan fingerprint density at radius 1 is 1.19 bits per heavy atom. The number of aromatic nitrogens is 1. The van der Waals surface area contributed by atoms with Gasteiger partial charge >= 0.3 is 0 Å². The fourth-order valence-electron chi connectivity index (χ4n) is 3.70. The van der Waals surface area contributed by atoms with Crippen molar-refractivity contribution < 1.29 is 9.21 Å². The van der Waals surface area contributed by atoms with Crippen molar-refractivity contribution in [1.29, 1.82) is 5.41 Å². The lowest BCUT2D eigenvalue weighted by Crippen LogP contribution is -2.35. The first-order valence-electron chi connectivity index (χ1n) is 9.83. The zero-order valence-corrected chi connectivity index (χ0v) is 19.1. The van der Waals surface area contributed by atoms with Crippen LogP contribution >= 0.6 is 23.4 Å². The topological polar surface area (TPSA) is 86.9 Å². The second-order valence-corrected chi connectivity index (χ2v) is 8.86. The third-order valence-corrected chi connectivity index (χ3v) is 6.70. The number of amidine groups is 2. The number of carbonyl (C=O) groups is 1. The highest BCUT2D eigenvalue weighted by Gasteiger charge is 2.36. The molecule has 0 saturated heterocycles. The maximum Gasteiger partial charge on any atom is 0.283 e. The first kappa shape index (κ1) is 20.5. The molecule has 1 aromatic carbocycles. The lowest BCUT2D eigenvalue weighted by atomic mass is 10.1. The van der Waals surface area contributed by atoms with Gasteiger partial charge in [0.25, 0.3) is 5.91 Å². The zero-order chi connectivity index (χ0) is 22.6. The number of hydrogen-bond donors (Lipinski definition) is 1. The first-order valence-corrected chi connectivity index (χ1v) is 11.0. The van der Waals surface area contributed by atoms with Crippen LogP contribution in [0.3, 0.4) is 0 Å². The number of halogens is 1. The van der Waals surface area contributed by atoms with Gasteiger partial charge in [-0.15, -0.1) is 0 Å². The normalized spacial score (nSPS) is 17.1. The van der Waals surface area contributed by atoms with Crippen molar-refractivity contribution >= 4 is 51.4 Å². The minimum absolute atomic E-state index is 0.0164. The second-order valence-electron chi connectivity index (χ2n) is 7.50. The van der Waals surface area contributed by atoms with E-state index in [4.69, 9.17) is 21.4 Å². The minimum atomic E-state index is -0.465. The van der Waals surface area contributed by atoms with E-state index in [1.165, 1.54) is 16.8 Å². The number of hydrazone groups is 1. The largest absolute Gasteiger partial charge is 0.462 e. The van der Waals surface area contributed by atoms with E-state index in [1.54, 1.807) is 24.5 Å². The fourth-order valence-corrected chi connectivity index (χ4v) is 4.73. The molecule has 7 nitrogen and oxygen atoms in total. The van der Waals surface area contributed by atoms with Crippen LogP contribution < -0.4 is 0 Å². The number of furan rings is 1. The minimum Gasteiger partial charge on any atom is -0.462 e. The fraction of sp³-hybridized carbons (Fsp3) is 0.130. The van der Waals surface area contributed by atoms with Crippen molar-refractivity contribution in [3.05, 3.63) is 81.5 Å². The number of thioether (sulfide) groups is 1. The Bertz CT molecular complexity index is 1380. The van der Waals surface area contributed by atoms with E-state index in [0.29, 0.717) is 21.0 Å². The summed E-state index contributed by atoms with van der Waals surface area (Å²) in [6.07, 6.45) is 3.25. The molecule has 4 heterocycles. The van der Waals surface area contributed by atoms with Crippen LogP contribution in [-0.2, 0) is 4.79 Å². The number of carbonyl (C=O) groups excluding carboxylic acids is 1. The van der Waals surface area contributed by atoms with Crippen molar-refractivity contribution in [1.82, 2.24) is 9.58 Å². The molecule has 0 fully saturated rings. The van der Waals surface area contributed by atoms with Crippen LogP contribution in [0.25, 0.3) is 11.8 Å². The lowest BCUT2D eigenvalue weighted by molar-refractivity contribution is -0.114.